The lowest BCUT2D eigenvalue weighted by molar-refractivity contribution is -0.133. The lowest BCUT2D eigenvalue weighted by Gasteiger charge is -2.25. The van der Waals surface area contributed by atoms with Gasteiger partial charge in [-0.3, -0.25) is 9.59 Å². The van der Waals surface area contributed by atoms with Crippen LogP contribution >= 0.6 is 0 Å². The Hall–Kier alpha value is -1.06. The fourth-order valence-electron chi connectivity index (χ4n) is 2.90. The number of hydrogen-bond donors (Lipinski definition) is 2. The standard InChI is InChI=1S/C18H34N2O2/c1-4-5-6-7-8-9-10-11-13-18(2,3)17(22)20-15-12-14-19-16(15)21/h15H,4-14H2,1-3H3,(H,19,21)(H,20,22)/t15-/m0/s1. The van der Waals surface area contributed by atoms with Gasteiger partial charge in [-0.25, -0.2) is 0 Å². The third-order valence-corrected chi connectivity index (χ3v) is 4.62. The fourth-order valence-corrected chi connectivity index (χ4v) is 2.90. The zero-order valence-corrected chi connectivity index (χ0v) is 14.7. The second kappa shape index (κ2) is 9.86. The van der Waals surface area contributed by atoms with Crippen molar-refractivity contribution in [2.24, 2.45) is 5.41 Å². The molecule has 0 radical (unpaired) electrons. The summed E-state index contributed by atoms with van der Waals surface area (Å²) in [4.78, 5) is 23.8. The van der Waals surface area contributed by atoms with E-state index in [4.69, 9.17) is 0 Å². The Morgan fingerprint density at radius 3 is 2.27 bits per heavy atom. The quantitative estimate of drug-likeness (QED) is 0.573. The molecule has 0 spiro atoms. The maximum absolute atomic E-state index is 12.3. The van der Waals surface area contributed by atoms with Crippen LogP contribution in [-0.2, 0) is 9.59 Å². The first kappa shape index (κ1) is 19.0. The second-order valence-corrected chi connectivity index (χ2v) is 7.21. The Bertz CT molecular complexity index is 353. The zero-order valence-electron chi connectivity index (χ0n) is 14.7. The Kier molecular flexibility index (Phi) is 8.51. The Morgan fingerprint density at radius 2 is 1.73 bits per heavy atom. The predicted molar refractivity (Wildman–Crippen MR) is 90.6 cm³/mol. The van der Waals surface area contributed by atoms with E-state index in [9.17, 15) is 9.59 Å². The van der Waals surface area contributed by atoms with E-state index in [1.54, 1.807) is 0 Å². The van der Waals surface area contributed by atoms with Crippen LogP contribution in [-0.4, -0.2) is 24.4 Å². The van der Waals surface area contributed by atoms with Crippen LogP contribution in [0.15, 0.2) is 0 Å². The number of unbranched alkanes of at least 4 members (excludes halogenated alkanes) is 7. The lowest BCUT2D eigenvalue weighted by atomic mass is 9.85. The number of carbonyl (C=O) groups excluding carboxylic acids is 2. The third kappa shape index (κ3) is 6.80. The summed E-state index contributed by atoms with van der Waals surface area (Å²) in [6.45, 7) is 6.87. The SMILES string of the molecule is CCCCCCCCCCC(C)(C)C(=O)N[C@H]1CCNC1=O. The zero-order chi connectivity index (χ0) is 16.4. The number of rotatable bonds is 11. The molecule has 0 aromatic rings. The van der Waals surface area contributed by atoms with Crippen LogP contribution in [0.1, 0.15) is 85.0 Å². The first-order chi connectivity index (χ1) is 10.5. The molecule has 1 saturated heterocycles. The molecule has 22 heavy (non-hydrogen) atoms. The molecule has 0 aliphatic carbocycles. The summed E-state index contributed by atoms with van der Waals surface area (Å²) in [5.74, 6) is -0.0336. The molecule has 2 N–H and O–H groups in total. The van der Waals surface area contributed by atoms with Crippen molar-refractivity contribution in [3.8, 4) is 0 Å². The minimum atomic E-state index is -0.384. The monoisotopic (exact) mass is 310 g/mol. The van der Waals surface area contributed by atoms with Gasteiger partial charge >= 0.3 is 0 Å². The van der Waals surface area contributed by atoms with Crippen LogP contribution in [0, 0.1) is 5.41 Å². The van der Waals surface area contributed by atoms with Gasteiger partial charge in [0.25, 0.3) is 0 Å². The van der Waals surface area contributed by atoms with E-state index in [0.29, 0.717) is 13.0 Å². The molecular formula is C18H34N2O2. The molecule has 1 aliphatic heterocycles. The van der Waals surface area contributed by atoms with Crippen LogP contribution in [0.5, 0.6) is 0 Å². The van der Waals surface area contributed by atoms with Crippen LogP contribution in [0.4, 0.5) is 0 Å². The van der Waals surface area contributed by atoms with Crippen molar-refractivity contribution < 1.29 is 9.59 Å². The number of carbonyl (C=O) groups is 2. The number of amides is 2. The summed E-state index contributed by atoms with van der Waals surface area (Å²) in [5, 5.41) is 5.65. The summed E-state index contributed by atoms with van der Waals surface area (Å²) in [6, 6.07) is -0.328. The first-order valence-corrected chi connectivity index (χ1v) is 9.06. The number of hydrogen-bond acceptors (Lipinski definition) is 2. The van der Waals surface area contributed by atoms with Gasteiger partial charge in [-0.2, -0.15) is 0 Å². The van der Waals surface area contributed by atoms with Gasteiger partial charge in [-0.1, -0.05) is 72.1 Å². The van der Waals surface area contributed by atoms with E-state index >= 15 is 0 Å². The van der Waals surface area contributed by atoms with E-state index in [2.05, 4.69) is 17.6 Å². The summed E-state index contributed by atoms with van der Waals surface area (Å²) >= 11 is 0. The molecule has 1 fully saturated rings. The van der Waals surface area contributed by atoms with Gasteiger partial charge in [-0.15, -0.1) is 0 Å². The van der Waals surface area contributed by atoms with Crippen molar-refractivity contribution >= 4 is 11.8 Å². The van der Waals surface area contributed by atoms with Crippen molar-refractivity contribution in [3.63, 3.8) is 0 Å². The van der Waals surface area contributed by atoms with E-state index < -0.39 is 0 Å². The molecular weight excluding hydrogens is 276 g/mol. The van der Waals surface area contributed by atoms with Crippen LogP contribution in [0.3, 0.4) is 0 Å². The highest BCUT2D eigenvalue weighted by Gasteiger charge is 2.32. The van der Waals surface area contributed by atoms with Gasteiger partial charge in [0.05, 0.1) is 0 Å². The maximum atomic E-state index is 12.3. The van der Waals surface area contributed by atoms with Crippen LogP contribution in [0.2, 0.25) is 0 Å². The van der Waals surface area contributed by atoms with Gasteiger partial charge in [0.1, 0.15) is 6.04 Å². The summed E-state index contributed by atoms with van der Waals surface area (Å²) < 4.78 is 0. The molecule has 1 aliphatic rings. The van der Waals surface area contributed by atoms with Gasteiger partial charge < -0.3 is 10.6 Å². The average Bonchev–Trinajstić information content (AvgIpc) is 2.87. The van der Waals surface area contributed by atoms with Crippen LogP contribution < -0.4 is 10.6 Å². The summed E-state index contributed by atoms with van der Waals surface area (Å²) in [5.41, 5.74) is -0.384. The largest absolute Gasteiger partial charge is 0.354 e. The average molecular weight is 310 g/mol. The molecule has 0 saturated carbocycles. The van der Waals surface area contributed by atoms with Crippen molar-refractivity contribution in [3.05, 3.63) is 0 Å². The smallest absolute Gasteiger partial charge is 0.242 e. The Morgan fingerprint density at radius 1 is 1.14 bits per heavy atom. The molecule has 1 heterocycles. The van der Waals surface area contributed by atoms with Gasteiger partial charge in [0.2, 0.25) is 11.8 Å². The minimum absolute atomic E-state index is 0.0116. The Balaban J connectivity index is 2.14. The summed E-state index contributed by atoms with van der Waals surface area (Å²) in [6.07, 6.45) is 11.8. The van der Waals surface area contributed by atoms with Crippen molar-refractivity contribution in [2.45, 2.75) is 91.0 Å². The summed E-state index contributed by atoms with van der Waals surface area (Å²) in [7, 11) is 0. The molecule has 0 unspecified atom stereocenters. The lowest BCUT2D eigenvalue weighted by Crippen LogP contribution is -2.46. The van der Waals surface area contributed by atoms with Gasteiger partial charge in [0, 0.05) is 12.0 Å². The van der Waals surface area contributed by atoms with E-state index in [1.165, 1.54) is 44.9 Å². The van der Waals surface area contributed by atoms with E-state index in [0.717, 1.165) is 12.8 Å². The highest BCUT2D eigenvalue weighted by molar-refractivity contribution is 5.90. The topological polar surface area (TPSA) is 58.2 Å². The third-order valence-electron chi connectivity index (χ3n) is 4.62. The van der Waals surface area contributed by atoms with Crippen molar-refractivity contribution in [1.29, 1.82) is 0 Å². The highest BCUT2D eigenvalue weighted by atomic mass is 16.2. The minimum Gasteiger partial charge on any atom is -0.354 e. The molecule has 128 valence electrons. The fraction of sp³-hybridized carbons (Fsp3) is 0.889. The molecule has 0 aromatic carbocycles. The molecule has 0 bridgehead atoms. The second-order valence-electron chi connectivity index (χ2n) is 7.21. The molecule has 4 nitrogen and oxygen atoms in total. The molecule has 2 amide bonds. The van der Waals surface area contributed by atoms with Crippen molar-refractivity contribution in [1.82, 2.24) is 10.6 Å². The van der Waals surface area contributed by atoms with Gasteiger partial charge in [0.15, 0.2) is 0 Å². The van der Waals surface area contributed by atoms with Crippen LogP contribution in [0.25, 0.3) is 0 Å². The maximum Gasteiger partial charge on any atom is 0.242 e. The van der Waals surface area contributed by atoms with E-state index in [-0.39, 0.29) is 23.3 Å². The predicted octanol–water partition coefficient (Wildman–Crippen LogP) is 3.55. The number of nitrogens with one attached hydrogen (secondary N) is 2. The molecule has 1 rings (SSSR count). The Labute approximate surface area is 135 Å². The van der Waals surface area contributed by atoms with Crippen molar-refractivity contribution in [2.75, 3.05) is 6.54 Å². The molecule has 1 atom stereocenters. The molecule has 4 heteroatoms. The normalized spacial score (nSPS) is 18.3. The first-order valence-electron chi connectivity index (χ1n) is 9.06. The molecule has 0 aromatic heterocycles. The van der Waals surface area contributed by atoms with E-state index in [1.807, 2.05) is 13.8 Å². The highest BCUT2D eigenvalue weighted by Crippen LogP contribution is 2.25. The van der Waals surface area contributed by atoms with Gasteiger partial charge in [-0.05, 0) is 12.8 Å².